The summed E-state index contributed by atoms with van der Waals surface area (Å²) in [5.41, 5.74) is 4.84. The van der Waals surface area contributed by atoms with E-state index < -0.39 is 0 Å². The Morgan fingerprint density at radius 3 is 2.55 bits per heavy atom. The van der Waals surface area contributed by atoms with Gasteiger partial charge < -0.3 is 4.42 Å². The lowest BCUT2D eigenvalue weighted by Gasteiger charge is -2.41. The first-order valence-corrected chi connectivity index (χ1v) is 8.20. The van der Waals surface area contributed by atoms with Crippen LogP contribution in [0.3, 0.4) is 0 Å². The number of benzene rings is 1. The van der Waals surface area contributed by atoms with Crippen LogP contribution in [-0.2, 0) is 10.8 Å². The molecule has 114 valence electrons. The monoisotopic (exact) mass is 313 g/mol. The number of hydrogen-bond acceptors (Lipinski definition) is 2. The lowest BCUT2D eigenvalue weighted by molar-refractivity contribution is 0.331. The molecular weight excluding hydrogens is 294 g/mol. The van der Waals surface area contributed by atoms with E-state index in [0.29, 0.717) is 5.15 Å². The summed E-state index contributed by atoms with van der Waals surface area (Å²) in [4.78, 5) is 4.21. The minimum absolute atomic E-state index is 0.109. The van der Waals surface area contributed by atoms with E-state index in [1.54, 1.807) is 6.20 Å². The van der Waals surface area contributed by atoms with Gasteiger partial charge in [0.2, 0.25) is 0 Å². The zero-order valence-corrected chi connectivity index (χ0v) is 14.2. The zero-order chi connectivity index (χ0) is 15.7. The predicted octanol–water partition coefficient (Wildman–Crippen LogP) is 5.98. The highest BCUT2D eigenvalue weighted by Crippen LogP contribution is 2.50. The number of fused-ring (bicyclic) bond motifs is 5. The van der Waals surface area contributed by atoms with Gasteiger partial charge in [-0.3, -0.25) is 0 Å². The highest BCUT2D eigenvalue weighted by molar-refractivity contribution is 6.36. The topological polar surface area (TPSA) is 26.0 Å². The number of pyridine rings is 1. The maximum Gasteiger partial charge on any atom is 0.140 e. The van der Waals surface area contributed by atoms with Gasteiger partial charge in [0.1, 0.15) is 16.3 Å². The molecule has 0 N–H and O–H groups in total. The molecule has 1 aromatic carbocycles. The first-order chi connectivity index (χ1) is 10.3. The standard InChI is InChI=1S/C19H20ClNO/c1-18(2)8-9-19(3,4)15-12(18)6-5-11-14-13(22-16(11)15)7-10-21-17(14)20/h5-7,10H,8-9H2,1-4H3. The third-order valence-electron chi connectivity index (χ3n) is 5.29. The summed E-state index contributed by atoms with van der Waals surface area (Å²) in [7, 11) is 0. The van der Waals surface area contributed by atoms with E-state index in [-0.39, 0.29) is 10.8 Å². The molecular formula is C19H20ClNO. The van der Waals surface area contributed by atoms with E-state index in [4.69, 9.17) is 16.0 Å². The fraction of sp³-hybridized carbons (Fsp3) is 0.421. The lowest BCUT2D eigenvalue weighted by atomic mass is 9.63. The second-order valence-corrected chi connectivity index (χ2v) is 8.07. The molecule has 0 atom stereocenters. The largest absolute Gasteiger partial charge is 0.456 e. The van der Waals surface area contributed by atoms with Crippen molar-refractivity contribution < 1.29 is 4.42 Å². The fourth-order valence-corrected chi connectivity index (χ4v) is 4.12. The predicted molar refractivity (Wildman–Crippen MR) is 91.8 cm³/mol. The molecule has 3 aromatic rings. The lowest BCUT2D eigenvalue weighted by Crippen LogP contribution is -2.33. The number of nitrogens with zero attached hydrogens (tertiary/aromatic N) is 1. The van der Waals surface area contributed by atoms with Crippen LogP contribution in [0.25, 0.3) is 21.9 Å². The van der Waals surface area contributed by atoms with Crippen LogP contribution in [0, 0.1) is 0 Å². The van der Waals surface area contributed by atoms with Gasteiger partial charge in [0.15, 0.2) is 0 Å². The molecule has 0 saturated carbocycles. The van der Waals surface area contributed by atoms with Gasteiger partial charge in [-0.1, -0.05) is 51.4 Å². The number of furan rings is 1. The molecule has 2 heterocycles. The van der Waals surface area contributed by atoms with Crippen LogP contribution >= 0.6 is 11.6 Å². The van der Waals surface area contributed by atoms with Crippen LogP contribution in [0.1, 0.15) is 51.7 Å². The Kier molecular flexibility index (Phi) is 2.73. The van der Waals surface area contributed by atoms with E-state index in [1.165, 1.54) is 17.5 Å². The summed E-state index contributed by atoms with van der Waals surface area (Å²) in [6.45, 7) is 9.27. The molecule has 0 amide bonds. The average molecular weight is 314 g/mol. The second kappa shape index (κ2) is 4.26. The Hall–Kier alpha value is -1.54. The van der Waals surface area contributed by atoms with Crippen molar-refractivity contribution in [2.75, 3.05) is 0 Å². The smallest absolute Gasteiger partial charge is 0.140 e. The molecule has 0 bridgehead atoms. The fourth-order valence-electron chi connectivity index (χ4n) is 3.86. The van der Waals surface area contributed by atoms with Gasteiger partial charge >= 0.3 is 0 Å². The molecule has 0 spiro atoms. The first-order valence-electron chi connectivity index (χ1n) is 7.82. The zero-order valence-electron chi connectivity index (χ0n) is 13.5. The van der Waals surface area contributed by atoms with Crippen LogP contribution in [0.2, 0.25) is 5.15 Å². The minimum Gasteiger partial charge on any atom is -0.456 e. The first kappa shape index (κ1) is 14.1. The molecule has 0 aliphatic heterocycles. The summed E-state index contributed by atoms with van der Waals surface area (Å²) >= 11 is 6.32. The van der Waals surface area contributed by atoms with Crippen molar-refractivity contribution in [3.8, 4) is 0 Å². The molecule has 0 saturated heterocycles. The van der Waals surface area contributed by atoms with Gasteiger partial charge in [-0.2, -0.15) is 0 Å². The minimum atomic E-state index is 0.109. The summed E-state index contributed by atoms with van der Waals surface area (Å²) in [6, 6.07) is 6.31. The molecule has 2 aromatic heterocycles. The molecule has 1 aliphatic carbocycles. The summed E-state index contributed by atoms with van der Waals surface area (Å²) in [5.74, 6) is 0. The Bertz CT molecular complexity index is 905. The average Bonchev–Trinajstić information content (AvgIpc) is 2.83. The number of rotatable bonds is 0. The van der Waals surface area contributed by atoms with Gasteiger partial charge in [0, 0.05) is 17.1 Å². The third kappa shape index (κ3) is 1.77. The molecule has 1 aliphatic rings. The van der Waals surface area contributed by atoms with Crippen molar-refractivity contribution in [3.63, 3.8) is 0 Å². The highest BCUT2D eigenvalue weighted by Gasteiger charge is 2.39. The van der Waals surface area contributed by atoms with Crippen LogP contribution < -0.4 is 0 Å². The Morgan fingerprint density at radius 1 is 1.05 bits per heavy atom. The summed E-state index contributed by atoms with van der Waals surface area (Å²) in [5, 5.41) is 2.53. The van der Waals surface area contributed by atoms with Gasteiger partial charge in [-0.25, -0.2) is 4.98 Å². The number of aromatic nitrogens is 1. The third-order valence-corrected chi connectivity index (χ3v) is 5.57. The van der Waals surface area contributed by atoms with Crippen molar-refractivity contribution in [1.29, 1.82) is 0 Å². The van der Waals surface area contributed by atoms with E-state index in [0.717, 1.165) is 28.4 Å². The molecule has 4 rings (SSSR count). The van der Waals surface area contributed by atoms with Crippen LogP contribution in [-0.4, -0.2) is 4.98 Å². The van der Waals surface area contributed by atoms with Crippen molar-refractivity contribution in [2.45, 2.75) is 51.4 Å². The number of halogens is 1. The second-order valence-electron chi connectivity index (χ2n) is 7.71. The van der Waals surface area contributed by atoms with Crippen LogP contribution in [0.4, 0.5) is 0 Å². The van der Waals surface area contributed by atoms with Gasteiger partial charge in [-0.15, -0.1) is 0 Å². The van der Waals surface area contributed by atoms with Crippen LogP contribution in [0.15, 0.2) is 28.8 Å². The summed E-state index contributed by atoms with van der Waals surface area (Å²) in [6.07, 6.45) is 4.06. The van der Waals surface area contributed by atoms with E-state index in [2.05, 4.69) is 44.8 Å². The maximum atomic E-state index is 6.32. The molecule has 22 heavy (non-hydrogen) atoms. The SMILES string of the molecule is CC1(C)CCC(C)(C)c2c1ccc1c2oc2ccnc(Cl)c21. The normalized spacial score (nSPS) is 19.5. The molecule has 0 unspecified atom stereocenters. The van der Waals surface area contributed by atoms with Crippen molar-refractivity contribution in [2.24, 2.45) is 0 Å². The van der Waals surface area contributed by atoms with Crippen molar-refractivity contribution in [1.82, 2.24) is 4.98 Å². The van der Waals surface area contributed by atoms with Gasteiger partial charge in [0.25, 0.3) is 0 Å². The Morgan fingerprint density at radius 2 is 1.77 bits per heavy atom. The molecule has 0 radical (unpaired) electrons. The van der Waals surface area contributed by atoms with Gasteiger partial charge in [-0.05, 0) is 35.3 Å². The van der Waals surface area contributed by atoms with E-state index in [9.17, 15) is 0 Å². The van der Waals surface area contributed by atoms with E-state index in [1.807, 2.05) is 6.07 Å². The number of hydrogen-bond donors (Lipinski definition) is 0. The van der Waals surface area contributed by atoms with E-state index >= 15 is 0 Å². The molecule has 3 heteroatoms. The molecule has 0 fully saturated rings. The Labute approximate surface area is 135 Å². The maximum absolute atomic E-state index is 6.32. The van der Waals surface area contributed by atoms with Crippen molar-refractivity contribution >= 4 is 33.5 Å². The highest BCUT2D eigenvalue weighted by atomic mass is 35.5. The molecule has 2 nitrogen and oxygen atoms in total. The van der Waals surface area contributed by atoms with Crippen molar-refractivity contribution in [3.05, 3.63) is 40.7 Å². The summed E-state index contributed by atoms with van der Waals surface area (Å²) < 4.78 is 6.24. The quantitative estimate of drug-likeness (QED) is 0.477. The van der Waals surface area contributed by atoms with Gasteiger partial charge in [0.05, 0.1) is 5.39 Å². The Balaban J connectivity index is 2.20. The van der Waals surface area contributed by atoms with Crippen LogP contribution in [0.5, 0.6) is 0 Å².